The lowest BCUT2D eigenvalue weighted by atomic mass is 10.2. The summed E-state index contributed by atoms with van der Waals surface area (Å²) >= 11 is 1.68. The van der Waals surface area contributed by atoms with Crippen molar-refractivity contribution in [2.45, 2.75) is 13.8 Å². The summed E-state index contributed by atoms with van der Waals surface area (Å²) in [6.45, 7) is 8.20. The summed E-state index contributed by atoms with van der Waals surface area (Å²) in [6, 6.07) is 8.47. The number of rotatable bonds is 4. The highest BCUT2D eigenvalue weighted by Crippen LogP contribution is 2.21. The average molecular weight is 233 g/mol. The topological polar surface area (TPSA) is 3.24 Å². The van der Waals surface area contributed by atoms with E-state index in [2.05, 4.69) is 62.8 Å². The maximum Gasteiger partial charge on any atom is 0.0406 e. The zero-order valence-electron chi connectivity index (χ0n) is 10.4. The molecule has 86 valence electrons. The van der Waals surface area contributed by atoms with Gasteiger partial charge >= 0.3 is 0 Å². The van der Waals surface area contributed by atoms with E-state index in [1.807, 2.05) is 6.26 Å². The van der Waals surface area contributed by atoms with Gasteiger partial charge in [0, 0.05) is 23.8 Å². The molecule has 0 radical (unpaired) electrons. The van der Waals surface area contributed by atoms with Crippen LogP contribution in [-0.4, -0.2) is 13.3 Å². The Morgan fingerprint density at radius 1 is 1.44 bits per heavy atom. The first-order valence-corrected chi connectivity index (χ1v) is 6.48. The van der Waals surface area contributed by atoms with Gasteiger partial charge in [0.2, 0.25) is 0 Å². The zero-order valence-corrected chi connectivity index (χ0v) is 11.3. The minimum atomic E-state index is 1.11. The number of nitrogens with zero attached hydrogens (tertiary/aromatic N) is 1. The quantitative estimate of drug-likeness (QED) is 0.717. The number of allylic oxidation sites excluding steroid dienone is 1. The molecule has 0 unspecified atom stereocenters. The normalized spacial score (nSPS) is 11.4. The molecule has 0 atom stereocenters. The standard InChI is InChI=1S/C14H19NS/c1-11-7-6-8-14(9-11)15(4)10-12(2)13(3)16-5/h6-10H,3H2,1-2,4-5H3/b12-10-. The van der Waals surface area contributed by atoms with Gasteiger partial charge < -0.3 is 4.90 Å². The van der Waals surface area contributed by atoms with Gasteiger partial charge in [0.1, 0.15) is 0 Å². The summed E-state index contributed by atoms with van der Waals surface area (Å²) < 4.78 is 0. The Balaban J connectivity index is 2.87. The second-order valence-electron chi connectivity index (χ2n) is 3.89. The van der Waals surface area contributed by atoms with Crippen LogP contribution >= 0.6 is 11.8 Å². The first-order chi connectivity index (χ1) is 7.54. The summed E-state index contributed by atoms with van der Waals surface area (Å²) in [5, 5.41) is 0. The highest BCUT2D eigenvalue weighted by atomic mass is 32.2. The molecule has 0 bridgehead atoms. The van der Waals surface area contributed by atoms with Crippen LogP contribution in [0.2, 0.25) is 0 Å². The Morgan fingerprint density at radius 3 is 2.69 bits per heavy atom. The number of thioether (sulfide) groups is 1. The number of hydrogen-bond donors (Lipinski definition) is 0. The van der Waals surface area contributed by atoms with Crippen LogP contribution in [0.4, 0.5) is 5.69 Å². The van der Waals surface area contributed by atoms with Gasteiger partial charge in [-0.2, -0.15) is 0 Å². The molecule has 0 aromatic heterocycles. The molecule has 0 spiro atoms. The van der Waals surface area contributed by atoms with Crippen LogP contribution in [0, 0.1) is 6.92 Å². The van der Waals surface area contributed by atoms with E-state index in [9.17, 15) is 0 Å². The van der Waals surface area contributed by atoms with Crippen LogP contribution < -0.4 is 4.90 Å². The third kappa shape index (κ3) is 3.46. The maximum absolute atomic E-state index is 4.01. The largest absolute Gasteiger partial charge is 0.351 e. The average Bonchev–Trinajstić information content (AvgIpc) is 2.27. The Hall–Kier alpha value is -1.15. The molecule has 0 heterocycles. The molecule has 0 aliphatic heterocycles. The Labute approximate surface area is 103 Å². The fourth-order valence-electron chi connectivity index (χ4n) is 1.45. The molecule has 0 aliphatic carbocycles. The molecule has 0 amide bonds. The van der Waals surface area contributed by atoms with Crippen molar-refractivity contribution in [1.29, 1.82) is 0 Å². The molecule has 1 aromatic carbocycles. The molecular weight excluding hydrogens is 214 g/mol. The zero-order chi connectivity index (χ0) is 12.1. The van der Waals surface area contributed by atoms with Crippen molar-refractivity contribution in [2.24, 2.45) is 0 Å². The minimum absolute atomic E-state index is 1.11. The van der Waals surface area contributed by atoms with E-state index in [0.717, 1.165) is 4.91 Å². The van der Waals surface area contributed by atoms with Crippen molar-refractivity contribution >= 4 is 17.4 Å². The monoisotopic (exact) mass is 233 g/mol. The third-order valence-electron chi connectivity index (χ3n) is 2.48. The third-order valence-corrected chi connectivity index (χ3v) is 3.30. The summed E-state index contributed by atoms with van der Waals surface area (Å²) in [5.41, 5.74) is 3.68. The molecule has 2 heteroatoms. The predicted molar refractivity (Wildman–Crippen MR) is 76.0 cm³/mol. The Bertz CT molecular complexity index is 407. The van der Waals surface area contributed by atoms with E-state index in [4.69, 9.17) is 0 Å². The SMILES string of the molecule is C=C(SC)/C(C)=C\N(C)c1cccc(C)c1. The number of benzene rings is 1. The summed E-state index contributed by atoms with van der Waals surface area (Å²) in [4.78, 5) is 3.24. The second-order valence-corrected chi connectivity index (χ2v) is 4.79. The fraction of sp³-hybridized carbons (Fsp3) is 0.286. The van der Waals surface area contributed by atoms with Crippen LogP contribution in [0.1, 0.15) is 12.5 Å². The summed E-state index contributed by atoms with van der Waals surface area (Å²) in [5.74, 6) is 0. The van der Waals surface area contributed by atoms with Crippen LogP contribution in [0.5, 0.6) is 0 Å². The van der Waals surface area contributed by atoms with Gasteiger partial charge in [0.25, 0.3) is 0 Å². The molecule has 0 fully saturated rings. The van der Waals surface area contributed by atoms with Crippen LogP contribution in [-0.2, 0) is 0 Å². The summed E-state index contributed by atoms with van der Waals surface area (Å²) in [6.07, 6.45) is 4.17. The molecule has 16 heavy (non-hydrogen) atoms. The van der Waals surface area contributed by atoms with Crippen LogP contribution in [0.15, 0.2) is 47.5 Å². The molecular formula is C14H19NS. The minimum Gasteiger partial charge on any atom is -0.351 e. The van der Waals surface area contributed by atoms with E-state index in [0.29, 0.717) is 0 Å². The number of hydrogen-bond acceptors (Lipinski definition) is 2. The molecule has 1 rings (SSSR count). The smallest absolute Gasteiger partial charge is 0.0406 e. The van der Waals surface area contributed by atoms with Gasteiger partial charge in [0.15, 0.2) is 0 Å². The van der Waals surface area contributed by atoms with Gasteiger partial charge in [-0.25, -0.2) is 0 Å². The predicted octanol–water partition coefficient (Wildman–Crippen LogP) is 4.21. The number of aryl methyl sites for hydroxylation is 1. The van der Waals surface area contributed by atoms with E-state index in [1.54, 1.807) is 11.8 Å². The molecule has 0 aliphatic rings. The van der Waals surface area contributed by atoms with Gasteiger partial charge in [-0.05, 0) is 43.4 Å². The van der Waals surface area contributed by atoms with Crippen molar-refractivity contribution in [1.82, 2.24) is 0 Å². The first-order valence-electron chi connectivity index (χ1n) is 5.25. The fourth-order valence-corrected chi connectivity index (χ4v) is 1.82. The Morgan fingerprint density at radius 2 is 2.12 bits per heavy atom. The van der Waals surface area contributed by atoms with Crippen molar-refractivity contribution in [3.63, 3.8) is 0 Å². The summed E-state index contributed by atoms with van der Waals surface area (Å²) in [7, 11) is 2.06. The van der Waals surface area contributed by atoms with E-state index in [-0.39, 0.29) is 0 Å². The van der Waals surface area contributed by atoms with E-state index >= 15 is 0 Å². The lowest BCUT2D eigenvalue weighted by Crippen LogP contribution is -2.09. The van der Waals surface area contributed by atoms with Gasteiger partial charge in [-0.1, -0.05) is 18.7 Å². The molecule has 0 saturated carbocycles. The molecule has 0 N–H and O–H groups in total. The van der Waals surface area contributed by atoms with Crippen LogP contribution in [0.3, 0.4) is 0 Å². The Kier molecular flexibility index (Phi) is 4.69. The van der Waals surface area contributed by atoms with E-state index in [1.165, 1.54) is 16.8 Å². The maximum atomic E-state index is 4.01. The molecule has 0 saturated heterocycles. The lowest BCUT2D eigenvalue weighted by Gasteiger charge is -2.16. The van der Waals surface area contributed by atoms with Crippen molar-refractivity contribution < 1.29 is 0 Å². The van der Waals surface area contributed by atoms with Gasteiger partial charge in [-0.3, -0.25) is 0 Å². The lowest BCUT2D eigenvalue weighted by molar-refractivity contribution is 1.17. The van der Waals surface area contributed by atoms with Gasteiger partial charge in [-0.15, -0.1) is 11.8 Å². The van der Waals surface area contributed by atoms with Crippen molar-refractivity contribution in [3.8, 4) is 0 Å². The second kappa shape index (κ2) is 5.80. The van der Waals surface area contributed by atoms with Crippen molar-refractivity contribution in [3.05, 3.63) is 53.1 Å². The molecule has 1 aromatic rings. The van der Waals surface area contributed by atoms with Gasteiger partial charge in [0.05, 0.1) is 0 Å². The highest BCUT2D eigenvalue weighted by molar-refractivity contribution is 8.02. The molecule has 1 nitrogen and oxygen atoms in total. The first kappa shape index (κ1) is 12.9. The van der Waals surface area contributed by atoms with Crippen molar-refractivity contribution in [2.75, 3.05) is 18.2 Å². The number of anilines is 1. The van der Waals surface area contributed by atoms with Crippen LogP contribution in [0.25, 0.3) is 0 Å². The highest BCUT2D eigenvalue weighted by Gasteiger charge is 2.00. The van der Waals surface area contributed by atoms with E-state index < -0.39 is 0 Å².